The minimum absolute atomic E-state index is 0.142. The number of hydrogen-bond acceptors (Lipinski definition) is 5. The van der Waals surface area contributed by atoms with Gasteiger partial charge in [-0.15, -0.1) is 0 Å². The van der Waals surface area contributed by atoms with Gasteiger partial charge in [0.2, 0.25) is 12.7 Å². The number of amides is 3. The van der Waals surface area contributed by atoms with Crippen molar-refractivity contribution in [2.24, 2.45) is 5.92 Å². The number of aryl methyl sites for hydroxylation is 1. The molecule has 0 atom stereocenters. The Labute approximate surface area is 264 Å². The summed E-state index contributed by atoms with van der Waals surface area (Å²) in [6, 6.07) is 23.4. The predicted molar refractivity (Wildman–Crippen MR) is 175 cm³/mol. The molecule has 234 valence electrons. The van der Waals surface area contributed by atoms with Crippen LogP contribution in [0.2, 0.25) is 0 Å². The number of carbonyl (C=O) groups excluding carboxylic acids is 2. The Bertz CT molecular complexity index is 1680. The molecule has 0 bridgehead atoms. The number of rotatable bonds is 7. The van der Waals surface area contributed by atoms with Gasteiger partial charge in [0.05, 0.1) is 17.8 Å². The number of ether oxygens (including phenoxy) is 2. The molecule has 0 aliphatic carbocycles. The zero-order chi connectivity index (χ0) is 31.6. The van der Waals surface area contributed by atoms with Gasteiger partial charge in [-0.1, -0.05) is 56.7 Å². The van der Waals surface area contributed by atoms with Crippen molar-refractivity contribution in [3.63, 3.8) is 0 Å². The van der Waals surface area contributed by atoms with E-state index >= 15 is 0 Å². The Morgan fingerprint density at radius 1 is 0.889 bits per heavy atom. The number of piperidine rings is 1. The van der Waals surface area contributed by atoms with Gasteiger partial charge in [-0.2, -0.15) is 5.10 Å². The van der Waals surface area contributed by atoms with Crippen LogP contribution < -0.4 is 20.1 Å². The summed E-state index contributed by atoms with van der Waals surface area (Å²) in [4.78, 5) is 28.1. The zero-order valence-electron chi connectivity index (χ0n) is 26.4. The minimum Gasteiger partial charge on any atom is -0.454 e. The van der Waals surface area contributed by atoms with E-state index in [9.17, 15) is 9.59 Å². The van der Waals surface area contributed by atoms with Crippen molar-refractivity contribution in [1.82, 2.24) is 14.7 Å². The van der Waals surface area contributed by atoms with E-state index in [-0.39, 0.29) is 24.1 Å². The number of likely N-dealkylation sites (tertiary alicyclic amines) is 1. The van der Waals surface area contributed by atoms with Crippen molar-refractivity contribution >= 4 is 23.4 Å². The van der Waals surface area contributed by atoms with Gasteiger partial charge in [0.25, 0.3) is 0 Å². The van der Waals surface area contributed by atoms with Crippen LogP contribution in [0.5, 0.6) is 11.5 Å². The fourth-order valence-corrected chi connectivity index (χ4v) is 5.83. The summed E-state index contributed by atoms with van der Waals surface area (Å²) in [6.07, 6.45) is 3.16. The molecular formula is C36H41N5O4. The predicted octanol–water partition coefficient (Wildman–Crippen LogP) is 6.87. The molecule has 3 aromatic carbocycles. The first-order valence-corrected chi connectivity index (χ1v) is 15.6. The van der Waals surface area contributed by atoms with Gasteiger partial charge in [0.1, 0.15) is 5.82 Å². The third-order valence-corrected chi connectivity index (χ3v) is 8.47. The number of anilines is 2. The van der Waals surface area contributed by atoms with Crippen LogP contribution in [0.4, 0.5) is 16.3 Å². The monoisotopic (exact) mass is 607 g/mol. The molecule has 9 nitrogen and oxygen atoms in total. The number of nitrogens with zero attached hydrogens (tertiary/aromatic N) is 3. The van der Waals surface area contributed by atoms with Crippen LogP contribution in [0.15, 0.2) is 72.8 Å². The van der Waals surface area contributed by atoms with Crippen LogP contribution >= 0.6 is 0 Å². The Morgan fingerprint density at radius 3 is 2.40 bits per heavy atom. The maximum absolute atomic E-state index is 13.2. The molecule has 0 spiro atoms. The van der Waals surface area contributed by atoms with Crippen molar-refractivity contribution in [1.29, 1.82) is 0 Å². The summed E-state index contributed by atoms with van der Waals surface area (Å²) < 4.78 is 12.6. The summed E-state index contributed by atoms with van der Waals surface area (Å²) >= 11 is 0. The lowest BCUT2D eigenvalue weighted by Crippen LogP contribution is -2.39. The van der Waals surface area contributed by atoms with E-state index in [0.717, 1.165) is 71.9 Å². The molecule has 9 heteroatoms. The van der Waals surface area contributed by atoms with Crippen LogP contribution in [0, 0.1) is 12.8 Å². The molecular weight excluding hydrogens is 566 g/mol. The van der Waals surface area contributed by atoms with E-state index < -0.39 is 0 Å². The van der Waals surface area contributed by atoms with Gasteiger partial charge >= 0.3 is 6.03 Å². The third-order valence-electron chi connectivity index (χ3n) is 8.47. The number of aromatic nitrogens is 2. The lowest BCUT2D eigenvalue weighted by molar-refractivity contribution is -0.131. The molecule has 45 heavy (non-hydrogen) atoms. The first-order valence-electron chi connectivity index (χ1n) is 15.6. The van der Waals surface area contributed by atoms with Crippen molar-refractivity contribution in [2.75, 3.05) is 30.5 Å². The highest BCUT2D eigenvalue weighted by Gasteiger charge is 2.25. The van der Waals surface area contributed by atoms with Gasteiger partial charge < -0.3 is 19.7 Å². The number of nitrogens with one attached hydrogen (secondary N) is 2. The summed E-state index contributed by atoms with van der Waals surface area (Å²) in [7, 11) is 0. The molecule has 1 saturated heterocycles. The van der Waals surface area contributed by atoms with Crippen molar-refractivity contribution < 1.29 is 19.1 Å². The molecule has 2 aliphatic rings. The highest BCUT2D eigenvalue weighted by Crippen LogP contribution is 2.33. The maximum atomic E-state index is 13.2. The van der Waals surface area contributed by atoms with E-state index in [1.165, 1.54) is 0 Å². The van der Waals surface area contributed by atoms with E-state index in [0.29, 0.717) is 23.9 Å². The van der Waals surface area contributed by atoms with Gasteiger partial charge in [-0.25, -0.2) is 9.48 Å². The Hall–Kier alpha value is -4.79. The number of carbonyl (C=O) groups is 2. The van der Waals surface area contributed by atoms with Gasteiger partial charge in [0, 0.05) is 30.3 Å². The lowest BCUT2D eigenvalue weighted by Gasteiger charge is -2.32. The lowest BCUT2D eigenvalue weighted by atomic mass is 9.90. The highest BCUT2D eigenvalue weighted by molar-refractivity contribution is 5.99. The second kappa shape index (κ2) is 12.7. The Balaban J connectivity index is 1.03. The summed E-state index contributed by atoms with van der Waals surface area (Å²) in [5.41, 5.74) is 5.60. The summed E-state index contributed by atoms with van der Waals surface area (Å²) in [5.74, 6) is 2.66. The summed E-state index contributed by atoms with van der Waals surface area (Å²) in [6.45, 7) is 10.1. The van der Waals surface area contributed by atoms with Crippen molar-refractivity contribution in [2.45, 2.75) is 58.8 Å². The molecule has 0 radical (unpaired) electrons. The molecule has 3 amide bonds. The standard InChI is InChI=1S/C36H41N5O4/c1-24-8-11-29(12-9-24)41-33(22-32(39-41)36(2,3)4)38-35(43)37-28-7-5-6-26(19-28)18-25-14-16-40(17-15-25)34(42)21-27-10-13-30-31(20-27)45-23-44-30/h5-13,19-20,22,25H,14-18,21,23H2,1-4H3,(H2,37,38,43). The summed E-state index contributed by atoms with van der Waals surface area (Å²) in [5, 5.41) is 10.8. The molecule has 0 unspecified atom stereocenters. The normalized spacial score (nSPS) is 14.8. The first kappa shape index (κ1) is 30.2. The Kier molecular flexibility index (Phi) is 8.52. The Morgan fingerprint density at radius 2 is 1.64 bits per heavy atom. The average Bonchev–Trinajstić information content (AvgIpc) is 3.65. The van der Waals surface area contributed by atoms with Crippen molar-refractivity contribution in [3.05, 3.63) is 95.2 Å². The smallest absolute Gasteiger partial charge is 0.324 e. The SMILES string of the molecule is Cc1ccc(-n2nc(C(C)(C)C)cc2NC(=O)Nc2cccc(CC3CCN(C(=O)Cc4ccc5c(c4)OCO5)CC3)c2)cc1. The zero-order valence-corrected chi connectivity index (χ0v) is 26.4. The molecule has 1 fully saturated rings. The van der Waals surface area contributed by atoms with Crippen LogP contribution in [0.25, 0.3) is 5.69 Å². The number of urea groups is 1. The highest BCUT2D eigenvalue weighted by atomic mass is 16.7. The van der Waals surface area contributed by atoms with Crippen LogP contribution in [-0.2, 0) is 23.1 Å². The molecule has 2 aliphatic heterocycles. The fourth-order valence-electron chi connectivity index (χ4n) is 5.83. The second-order valence-corrected chi connectivity index (χ2v) is 13.1. The van der Waals surface area contributed by atoms with E-state index in [1.807, 2.05) is 78.6 Å². The number of hydrogen-bond donors (Lipinski definition) is 2. The number of fused-ring (bicyclic) bond motifs is 1. The first-order chi connectivity index (χ1) is 21.6. The molecule has 4 aromatic rings. The van der Waals surface area contributed by atoms with Crippen LogP contribution in [0.3, 0.4) is 0 Å². The van der Waals surface area contributed by atoms with E-state index in [4.69, 9.17) is 14.6 Å². The molecule has 0 saturated carbocycles. The van der Waals surface area contributed by atoms with Gasteiger partial charge in [-0.3, -0.25) is 10.1 Å². The largest absolute Gasteiger partial charge is 0.454 e. The minimum atomic E-state index is -0.324. The van der Waals surface area contributed by atoms with E-state index in [1.54, 1.807) is 4.68 Å². The second-order valence-electron chi connectivity index (χ2n) is 13.1. The average molecular weight is 608 g/mol. The van der Waals surface area contributed by atoms with Gasteiger partial charge in [-0.05, 0) is 79.6 Å². The quantitative estimate of drug-likeness (QED) is 0.239. The van der Waals surface area contributed by atoms with Crippen LogP contribution in [-0.4, -0.2) is 46.5 Å². The molecule has 1 aromatic heterocycles. The molecule has 6 rings (SSSR count). The molecule has 3 heterocycles. The van der Waals surface area contributed by atoms with E-state index in [2.05, 4.69) is 37.5 Å². The third kappa shape index (κ3) is 7.30. The maximum Gasteiger partial charge on any atom is 0.324 e. The number of benzene rings is 3. The topological polar surface area (TPSA) is 97.7 Å². The fraction of sp³-hybridized carbons (Fsp3) is 0.361. The van der Waals surface area contributed by atoms with Gasteiger partial charge in [0.15, 0.2) is 11.5 Å². The van der Waals surface area contributed by atoms with Crippen LogP contribution in [0.1, 0.15) is 56.0 Å². The van der Waals surface area contributed by atoms with Crippen molar-refractivity contribution in [3.8, 4) is 17.2 Å². The molecule has 2 N–H and O–H groups in total.